The van der Waals surface area contributed by atoms with Crippen LogP contribution in [0.4, 0.5) is 0 Å². The molecule has 1 saturated heterocycles. The number of β-amino-alcohol motifs (C(OH)–C–C–N with tert-alkyl or cyclic N) is 1. The highest BCUT2D eigenvalue weighted by molar-refractivity contribution is 8.01. The van der Waals surface area contributed by atoms with Crippen LogP contribution < -0.4 is 10.6 Å². The lowest BCUT2D eigenvalue weighted by Gasteiger charge is -2.38. The molecule has 196 valence electrons. The molecule has 1 aliphatic heterocycles. The molecule has 1 aromatic carbocycles. The van der Waals surface area contributed by atoms with Gasteiger partial charge in [-0.05, 0) is 37.1 Å². The van der Waals surface area contributed by atoms with Gasteiger partial charge >= 0.3 is 0 Å². The number of hydrogen-bond acceptors (Lipinski definition) is 7. The van der Waals surface area contributed by atoms with Crippen molar-refractivity contribution in [2.75, 3.05) is 6.54 Å². The largest absolute Gasteiger partial charge is 0.391 e. The van der Waals surface area contributed by atoms with Crippen LogP contribution in [0, 0.1) is 6.92 Å². The van der Waals surface area contributed by atoms with E-state index in [2.05, 4.69) is 15.6 Å². The lowest BCUT2D eigenvalue weighted by molar-refractivity contribution is -0.142. The highest BCUT2D eigenvalue weighted by atomic mass is 32.2. The molecule has 0 bridgehead atoms. The number of nitrogens with one attached hydrogen (secondary N) is 2. The quantitative estimate of drug-likeness (QED) is 0.458. The Hall–Kier alpha value is -2.43. The summed E-state index contributed by atoms with van der Waals surface area (Å²) in [6.45, 7) is 11.6. The van der Waals surface area contributed by atoms with Gasteiger partial charge in [0.15, 0.2) is 0 Å². The van der Waals surface area contributed by atoms with E-state index in [0.717, 1.165) is 21.7 Å². The Morgan fingerprint density at radius 2 is 1.92 bits per heavy atom. The summed E-state index contributed by atoms with van der Waals surface area (Å²) in [6, 6.07) is 6.29. The number of nitrogens with zero attached hydrogens (tertiary/aromatic N) is 2. The fourth-order valence-corrected chi connectivity index (χ4v) is 6.87. The van der Waals surface area contributed by atoms with Crippen molar-refractivity contribution in [2.45, 2.75) is 82.7 Å². The molecule has 0 spiro atoms. The van der Waals surface area contributed by atoms with Gasteiger partial charge in [0.2, 0.25) is 17.7 Å². The topological polar surface area (TPSA) is 112 Å². The zero-order valence-corrected chi connectivity index (χ0v) is 23.3. The van der Waals surface area contributed by atoms with Gasteiger partial charge in [0.25, 0.3) is 0 Å². The van der Waals surface area contributed by atoms with Crippen molar-refractivity contribution in [3.63, 3.8) is 0 Å². The number of aryl methyl sites for hydroxylation is 1. The van der Waals surface area contributed by atoms with Crippen LogP contribution >= 0.6 is 23.1 Å². The van der Waals surface area contributed by atoms with Gasteiger partial charge in [0, 0.05) is 31.2 Å². The zero-order chi connectivity index (χ0) is 26.6. The number of thioether (sulfide) groups is 1. The number of aromatic nitrogens is 1. The second kappa shape index (κ2) is 11.7. The standard InChI is InChI=1S/C26H36N4O4S2/c1-15(2)36-26(5,6)23(29-17(4)31)25(34)30-13-20(32)11-21(30)24(33)27-12-18-7-9-19(10-8-18)22-16(3)28-14-35-22/h7-10,14-15,20-21,23,32H,11-13H2,1-6H3,(H,27,33)(H,29,31). The van der Waals surface area contributed by atoms with E-state index < -0.39 is 22.9 Å². The average Bonchev–Trinajstić information content (AvgIpc) is 3.40. The summed E-state index contributed by atoms with van der Waals surface area (Å²) in [5.74, 6) is -0.994. The van der Waals surface area contributed by atoms with Gasteiger partial charge in [0.1, 0.15) is 12.1 Å². The van der Waals surface area contributed by atoms with E-state index in [9.17, 15) is 19.5 Å². The van der Waals surface area contributed by atoms with E-state index in [1.807, 2.05) is 64.4 Å². The van der Waals surface area contributed by atoms with Crippen LogP contribution in [-0.2, 0) is 20.9 Å². The SMILES string of the molecule is CC(=O)NC(C(=O)N1CC(O)CC1C(=O)NCc1ccc(-c2scnc2C)cc1)C(C)(C)SC(C)C. The molecule has 3 amide bonds. The highest BCUT2D eigenvalue weighted by Crippen LogP contribution is 2.34. The van der Waals surface area contributed by atoms with Crippen molar-refractivity contribution in [2.24, 2.45) is 0 Å². The van der Waals surface area contributed by atoms with Gasteiger partial charge in [-0.25, -0.2) is 4.98 Å². The van der Waals surface area contributed by atoms with Crippen LogP contribution in [0.1, 0.15) is 52.3 Å². The van der Waals surface area contributed by atoms with Gasteiger partial charge in [-0.15, -0.1) is 11.3 Å². The van der Waals surface area contributed by atoms with Gasteiger partial charge in [-0.1, -0.05) is 38.1 Å². The molecular weight excluding hydrogens is 496 g/mol. The smallest absolute Gasteiger partial charge is 0.247 e. The number of likely N-dealkylation sites (tertiary alicyclic amines) is 1. The minimum Gasteiger partial charge on any atom is -0.391 e. The Morgan fingerprint density at radius 1 is 1.25 bits per heavy atom. The van der Waals surface area contributed by atoms with E-state index in [4.69, 9.17) is 0 Å². The molecular formula is C26H36N4O4S2. The number of thiazole rings is 1. The number of amides is 3. The first-order chi connectivity index (χ1) is 16.9. The maximum absolute atomic E-state index is 13.6. The third-order valence-corrected chi connectivity index (χ3v) is 8.41. The summed E-state index contributed by atoms with van der Waals surface area (Å²) in [7, 11) is 0. The van der Waals surface area contributed by atoms with Crippen molar-refractivity contribution < 1.29 is 19.5 Å². The summed E-state index contributed by atoms with van der Waals surface area (Å²) in [5, 5.41) is 16.3. The zero-order valence-electron chi connectivity index (χ0n) is 21.7. The number of benzene rings is 1. The molecule has 1 aliphatic rings. The molecule has 2 heterocycles. The Balaban J connectivity index is 1.70. The summed E-state index contributed by atoms with van der Waals surface area (Å²) in [4.78, 5) is 45.5. The second-order valence-electron chi connectivity index (χ2n) is 9.98. The van der Waals surface area contributed by atoms with Gasteiger partial charge in [-0.3, -0.25) is 14.4 Å². The highest BCUT2D eigenvalue weighted by Gasteiger charge is 2.46. The Bertz CT molecular complexity index is 1080. The molecule has 3 N–H and O–H groups in total. The molecule has 0 radical (unpaired) electrons. The summed E-state index contributed by atoms with van der Waals surface area (Å²) >= 11 is 3.17. The molecule has 0 saturated carbocycles. The van der Waals surface area contributed by atoms with Crippen LogP contribution in [0.2, 0.25) is 0 Å². The van der Waals surface area contributed by atoms with Crippen molar-refractivity contribution in [3.8, 4) is 10.4 Å². The van der Waals surface area contributed by atoms with Crippen LogP contribution in [-0.4, -0.2) is 67.4 Å². The van der Waals surface area contributed by atoms with E-state index >= 15 is 0 Å². The first-order valence-corrected chi connectivity index (χ1v) is 13.9. The maximum Gasteiger partial charge on any atom is 0.247 e. The van der Waals surface area contributed by atoms with Crippen molar-refractivity contribution in [1.82, 2.24) is 20.5 Å². The van der Waals surface area contributed by atoms with E-state index in [-0.39, 0.29) is 35.9 Å². The van der Waals surface area contributed by atoms with E-state index in [0.29, 0.717) is 6.54 Å². The number of aliphatic hydroxyl groups excluding tert-OH is 1. The van der Waals surface area contributed by atoms with Crippen molar-refractivity contribution in [1.29, 1.82) is 0 Å². The number of aliphatic hydroxyl groups is 1. The monoisotopic (exact) mass is 532 g/mol. The van der Waals surface area contributed by atoms with Crippen LogP contribution in [0.25, 0.3) is 10.4 Å². The lowest BCUT2D eigenvalue weighted by Crippen LogP contribution is -2.59. The minimum atomic E-state index is -0.828. The third kappa shape index (κ3) is 6.86. The summed E-state index contributed by atoms with van der Waals surface area (Å²) < 4.78 is -0.607. The molecule has 36 heavy (non-hydrogen) atoms. The molecule has 2 aromatic rings. The molecule has 8 nitrogen and oxygen atoms in total. The number of carbonyl (C=O) groups is 3. The average molecular weight is 533 g/mol. The maximum atomic E-state index is 13.6. The summed E-state index contributed by atoms with van der Waals surface area (Å²) in [6.07, 6.45) is -0.642. The van der Waals surface area contributed by atoms with Crippen molar-refractivity contribution >= 4 is 40.8 Å². The lowest BCUT2D eigenvalue weighted by atomic mass is 10.0. The molecule has 0 aliphatic carbocycles. The summed E-state index contributed by atoms with van der Waals surface area (Å²) in [5.41, 5.74) is 4.81. The fourth-order valence-electron chi connectivity index (χ4n) is 4.54. The van der Waals surface area contributed by atoms with E-state index in [1.54, 1.807) is 23.1 Å². The number of carbonyl (C=O) groups excluding carboxylic acids is 3. The van der Waals surface area contributed by atoms with Crippen molar-refractivity contribution in [3.05, 3.63) is 41.0 Å². The molecule has 1 aromatic heterocycles. The van der Waals surface area contributed by atoms with Crippen LogP contribution in [0.5, 0.6) is 0 Å². The fraction of sp³-hybridized carbons (Fsp3) is 0.538. The first-order valence-electron chi connectivity index (χ1n) is 12.1. The van der Waals surface area contributed by atoms with Crippen LogP contribution in [0.15, 0.2) is 29.8 Å². The van der Waals surface area contributed by atoms with E-state index in [1.165, 1.54) is 11.8 Å². The molecule has 3 atom stereocenters. The van der Waals surface area contributed by atoms with Gasteiger partial charge in [0.05, 0.1) is 22.2 Å². The second-order valence-corrected chi connectivity index (χ2v) is 13.1. The molecule has 1 fully saturated rings. The normalized spacial score (nSPS) is 18.8. The minimum absolute atomic E-state index is 0.0539. The number of hydrogen-bond donors (Lipinski definition) is 3. The predicted octanol–water partition coefficient (Wildman–Crippen LogP) is 3.12. The first kappa shape index (κ1) is 28.1. The third-order valence-electron chi connectivity index (χ3n) is 6.12. The predicted molar refractivity (Wildman–Crippen MR) is 145 cm³/mol. The number of rotatable bonds is 9. The Labute approximate surface area is 221 Å². The molecule has 10 heteroatoms. The Morgan fingerprint density at radius 3 is 2.47 bits per heavy atom. The Kier molecular flexibility index (Phi) is 9.18. The van der Waals surface area contributed by atoms with Gasteiger partial charge in [-0.2, -0.15) is 11.8 Å². The van der Waals surface area contributed by atoms with Crippen LogP contribution in [0.3, 0.4) is 0 Å². The molecule has 3 unspecified atom stereocenters. The molecule has 3 rings (SSSR count). The van der Waals surface area contributed by atoms with Gasteiger partial charge < -0.3 is 20.6 Å².